The number of benzene rings is 3. The first-order valence-electron chi connectivity index (χ1n) is 9.08. The highest BCUT2D eigenvalue weighted by atomic mass is 127. The molecule has 3 rings (SSSR count). The molecule has 0 radical (unpaired) electrons. The van der Waals surface area contributed by atoms with Gasteiger partial charge in [0.15, 0.2) is 11.5 Å². The van der Waals surface area contributed by atoms with Crippen LogP contribution >= 0.6 is 22.6 Å². The Bertz CT molecular complexity index is 1160. The minimum atomic E-state index is -0.789. The average molecular weight is 529 g/mol. The molecule has 156 valence electrons. The van der Waals surface area contributed by atoms with Gasteiger partial charge in [-0.15, -0.1) is 0 Å². The molecule has 1 amide bonds. The van der Waals surface area contributed by atoms with Gasteiger partial charge in [0.1, 0.15) is 12.4 Å². The van der Waals surface area contributed by atoms with Gasteiger partial charge in [-0.2, -0.15) is 10.4 Å². The Balaban J connectivity index is 1.63. The molecule has 0 heterocycles. The molecule has 3 aromatic carbocycles. The third-order valence-electron chi connectivity index (χ3n) is 4.22. The highest BCUT2D eigenvalue weighted by Gasteiger charge is 2.11. The van der Waals surface area contributed by atoms with Gasteiger partial charge >= 0.3 is 0 Å². The Morgan fingerprint density at radius 3 is 2.61 bits per heavy atom. The second kappa shape index (κ2) is 10.5. The number of carbonyl (C=O) groups is 1. The standard InChI is InChI=1S/C23H17FIN3O3/c1-30-22-11-17(5-9-21(22)31-14-15-2-6-18(25)7-3-15)13-27-28-23(29)19-8-4-16(12-26)10-20(19)24/h2-11,13H,14H2,1H3,(H,28,29)/b27-13-. The van der Waals surface area contributed by atoms with E-state index in [1.54, 1.807) is 18.2 Å². The number of nitrogens with zero attached hydrogens (tertiary/aromatic N) is 2. The molecule has 0 bridgehead atoms. The molecule has 0 aliphatic carbocycles. The van der Waals surface area contributed by atoms with Gasteiger partial charge in [0.05, 0.1) is 30.5 Å². The van der Waals surface area contributed by atoms with Gasteiger partial charge in [-0.05, 0) is 82.2 Å². The van der Waals surface area contributed by atoms with Crippen LogP contribution in [0.3, 0.4) is 0 Å². The van der Waals surface area contributed by atoms with Crippen molar-refractivity contribution in [3.05, 3.63) is 92.3 Å². The molecule has 1 N–H and O–H groups in total. The number of hydrogen-bond acceptors (Lipinski definition) is 5. The summed E-state index contributed by atoms with van der Waals surface area (Å²) in [5.41, 5.74) is 3.88. The van der Waals surface area contributed by atoms with Crippen LogP contribution in [0.2, 0.25) is 0 Å². The van der Waals surface area contributed by atoms with E-state index in [9.17, 15) is 9.18 Å². The van der Waals surface area contributed by atoms with Gasteiger partial charge in [-0.3, -0.25) is 4.79 Å². The summed E-state index contributed by atoms with van der Waals surface area (Å²) in [5.74, 6) is -0.424. The zero-order valence-corrected chi connectivity index (χ0v) is 18.6. The summed E-state index contributed by atoms with van der Waals surface area (Å²) in [4.78, 5) is 12.1. The normalized spacial score (nSPS) is 10.5. The molecule has 0 atom stereocenters. The van der Waals surface area contributed by atoms with Crippen LogP contribution in [0.5, 0.6) is 11.5 Å². The first kappa shape index (κ1) is 22.2. The summed E-state index contributed by atoms with van der Waals surface area (Å²) >= 11 is 2.24. The van der Waals surface area contributed by atoms with E-state index >= 15 is 0 Å². The van der Waals surface area contributed by atoms with Gasteiger partial charge in [-0.25, -0.2) is 9.82 Å². The fraction of sp³-hybridized carbons (Fsp3) is 0.0870. The molecular weight excluding hydrogens is 512 g/mol. The number of ether oxygens (including phenoxy) is 2. The van der Waals surface area contributed by atoms with Crippen LogP contribution in [0.15, 0.2) is 65.8 Å². The van der Waals surface area contributed by atoms with Crippen molar-refractivity contribution < 1.29 is 18.7 Å². The molecule has 0 saturated heterocycles. The highest BCUT2D eigenvalue weighted by Crippen LogP contribution is 2.28. The van der Waals surface area contributed by atoms with Gasteiger partial charge in [0.2, 0.25) is 0 Å². The number of hydrazone groups is 1. The summed E-state index contributed by atoms with van der Waals surface area (Å²) in [7, 11) is 1.53. The molecule has 0 aliphatic rings. The topological polar surface area (TPSA) is 83.7 Å². The van der Waals surface area contributed by atoms with Crippen molar-refractivity contribution in [2.45, 2.75) is 6.61 Å². The minimum absolute atomic E-state index is 0.133. The van der Waals surface area contributed by atoms with Crippen LogP contribution in [-0.2, 0) is 6.61 Å². The summed E-state index contributed by atoms with van der Waals surface area (Å²) in [6.45, 7) is 0.396. The number of nitriles is 1. The van der Waals surface area contributed by atoms with Crippen LogP contribution in [0.25, 0.3) is 0 Å². The number of amides is 1. The molecular formula is C23H17FIN3O3. The number of rotatable bonds is 7. The summed E-state index contributed by atoms with van der Waals surface area (Å²) in [5, 5.41) is 12.6. The summed E-state index contributed by atoms with van der Waals surface area (Å²) < 4.78 is 26.3. The third kappa shape index (κ3) is 6.02. The minimum Gasteiger partial charge on any atom is -0.493 e. The van der Waals surface area contributed by atoms with Crippen molar-refractivity contribution in [1.82, 2.24) is 5.43 Å². The zero-order valence-electron chi connectivity index (χ0n) is 16.4. The van der Waals surface area contributed by atoms with E-state index in [4.69, 9.17) is 14.7 Å². The summed E-state index contributed by atoms with van der Waals surface area (Å²) in [6, 6.07) is 18.6. The van der Waals surface area contributed by atoms with Crippen molar-refractivity contribution in [1.29, 1.82) is 5.26 Å². The van der Waals surface area contributed by atoms with E-state index in [2.05, 4.69) is 33.1 Å². The zero-order chi connectivity index (χ0) is 22.2. The van der Waals surface area contributed by atoms with Crippen LogP contribution in [0, 0.1) is 20.7 Å². The smallest absolute Gasteiger partial charge is 0.274 e. The highest BCUT2D eigenvalue weighted by molar-refractivity contribution is 14.1. The molecule has 0 unspecified atom stereocenters. The number of hydrogen-bond donors (Lipinski definition) is 1. The monoisotopic (exact) mass is 529 g/mol. The Labute approximate surface area is 192 Å². The maximum atomic E-state index is 13.9. The van der Waals surface area contributed by atoms with Gasteiger partial charge in [0, 0.05) is 3.57 Å². The Hall–Kier alpha value is -3.45. The molecule has 0 fully saturated rings. The molecule has 0 aromatic heterocycles. The quantitative estimate of drug-likeness (QED) is 0.275. The fourth-order valence-electron chi connectivity index (χ4n) is 2.62. The molecule has 3 aromatic rings. The van der Waals surface area contributed by atoms with Crippen LogP contribution in [-0.4, -0.2) is 19.2 Å². The van der Waals surface area contributed by atoms with Crippen molar-refractivity contribution in [3.63, 3.8) is 0 Å². The molecule has 0 aliphatic heterocycles. The van der Waals surface area contributed by atoms with E-state index in [-0.39, 0.29) is 11.1 Å². The SMILES string of the molecule is COc1cc(/C=N\NC(=O)c2ccc(C#N)cc2F)ccc1OCc1ccc(I)cc1. The lowest BCUT2D eigenvalue weighted by Crippen LogP contribution is -2.19. The number of methoxy groups -OCH3 is 1. The van der Waals surface area contributed by atoms with Gasteiger partial charge < -0.3 is 9.47 Å². The fourth-order valence-corrected chi connectivity index (χ4v) is 2.98. The molecule has 8 heteroatoms. The van der Waals surface area contributed by atoms with E-state index < -0.39 is 11.7 Å². The maximum absolute atomic E-state index is 13.9. The lowest BCUT2D eigenvalue weighted by Gasteiger charge is -2.11. The van der Waals surface area contributed by atoms with Crippen molar-refractivity contribution in [2.75, 3.05) is 7.11 Å². The Morgan fingerprint density at radius 2 is 1.94 bits per heavy atom. The number of nitrogens with one attached hydrogen (secondary N) is 1. The first-order valence-corrected chi connectivity index (χ1v) is 10.2. The number of halogens is 2. The predicted octanol–water partition coefficient (Wildman–Crippen LogP) is 4.65. The lowest BCUT2D eigenvalue weighted by atomic mass is 10.1. The van der Waals surface area contributed by atoms with Crippen molar-refractivity contribution in [2.24, 2.45) is 5.10 Å². The van der Waals surface area contributed by atoms with E-state index in [0.717, 1.165) is 15.2 Å². The number of carbonyl (C=O) groups excluding carboxylic acids is 1. The van der Waals surface area contributed by atoms with E-state index in [0.29, 0.717) is 23.7 Å². The Morgan fingerprint density at radius 1 is 1.16 bits per heavy atom. The molecule has 0 saturated carbocycles. The first-order chi connectivity index (χ1) is 15.0. The molecule has 6 nitrogen and oxygen atoms in total. The van der Waals surface area contributed by atoms with Crippen LogP contribution in [0.4, 0.5) is 4.39 Å². The van der Waals surface area contributed by atoms with Gasteiger partial charge in [-0.1, -0.05) is 12.1 Å². The second-order valence-corrected chi connectivity index (χ2v) is 7.58. The van der Waals surface area contributed by atoms with Crippen LogP contribution < -0.4 is 14.9 Å². The maximum Gasteiger partial charge on any atom is 0.274 e. The van der Waals surface area contributed by atoms with Crippen molar-refractivity contribution in [3.8, 4) is 17.6 Å². The van der Waals surface area contributed by atoms with Crippen molar-refractivity contribution >= 4 is 34.7 Å². The van der Waals surface area contributed by atoms with E-state index in [1.165, 1.54) is 25.5 Å². The second-order valence-electron chi connectivity index (χ2n) is 6.33. The predicted molar refractivity (Wildman–Crippen MR) is 123 cm³/mol. The Kier molecular flexibility index (Phi) is 7.56. The van der Waals surface area contributed by atoms with Crippen LogP contribution in [0.1, 0.15) is 27.0 Å². The largest absolute Gasteiger partial charge is 0.493 e. The average Bonchev–Trinajstić information content (AvgIpc) is 2.78. The molecule has 31 heavy (non-hydrogen) atoms. The molecule has 0 spiro atoms. The summed E-state index contributed by atoms with van der Waals surface area (Å²) in [6.07, 6.45) is 1.41. The van der Waals surface area contributed by atoms with Gasteiger partial charge in [0.25, 0.3) is 5.91 Å². The third-order valence-corrected chi connectivity index (χ3v) is 4.94. The van der Waals surface area contributed by atoms with E-state index in [1.807, 2.05) is 30.3 Å². The lowest BCUT2D eigenvalue weighted by molar-refractivity contribution is 0.0951.